The maximum atomic E-state index is 12.1. The van der Waals surface area contributed by atoms with Crippen LogP contribution in [0.15, 0.2) is 18.3 Å². The maximum absolute atomic E-state index is 12.1. The van der Waals surface area contributed by atoms with Crippen LogP contribution in [0.4, 0.5) is 5.82 Å². The van der Waals surface area contributed by atoms with Crippen molar-refractivity contribution in [1.29, 1.82) is 0 Å². The van der Waals surface area contributed by atoms with E-state index in [-0.39, 0.29) is 5.91 Å². The second kappa shape index (κ2) is 8.90. The molecule has 1 fully saturated rings. The number of hydrogen-bond donors (Lipinski definition) is 1. The van der Waals surface area contributed by atoms with Crippen LogP contribution in [0, 0.1) is 19.8 Å². The molecular formula is C21H34N6O. The van der Waals surface area contributed by atoms with Gasteiger partial charge in [0, 0.05) is 37.3 Å². The van der Waals surface area contributed by atoms with Gasteiger partial charge in [0.15, 0.2) is 0 Å². The molecule has 1 aliphatic rings. The van der Waals surface area contributed by atoms with Gasteiger partial charge in [0.25, 0.3) is 0 Å². The van der Waals surface area contributed by atoms with E-state index in [2.05, 4.69) is 58.9 Å². The fourth-order valence-corrected chi connectivity index (χ4v) is 4.07. The lowest BCUT2D eigenvalue weighted by Crippen LogP contribution is -2.42. The third kappa shape index (κ3) is 5.01. The molecule has 2 aromatic heterocycles. The van der Waals surface area contributed by atoms with Crippen LogP contribution in [0.25, 0.3) is 0 Å². The van der Waals surface area contributed by atoms with Gasteiger partial charge in [0.05, 0.1) is 24.5 Å². The van der Waals surface area contributed by atoms with Crippen LogP contribution in [-0.4, -0.2) is 49.5 Å². The van der Waals surface area contributed by atoms with Gasteiger partial charge in [-0.25, -0.2) is 4.68 Å². The van der Waals surface area contributed by atoms with Gasteiger partial charge < -0.3 is 5.32 Å². The topological polar surface area (TPSA) is 68.0 Å². The molecule has 1 atom stereocenters. The quantitative estimate of drug-likeness (QED) is 0.792. The van der Waals surface area contributed by atoms with Crippen molar-refractivity contribution in [3.05, 3.63) is 29.7 Å². The summed E-state index contributed by atoms with van der Waals surface area (Å²) in [5, 5.41) is 12.1. The van der Waals surface area contributed by atoms with Crippen molar-refractivity contribution in [3.63, 3.8) is 0 Å². The molecular weight excluding hydrogens is 352 g/mol. The predicted molar refractivity (Wildman–Crippen MR) is 111 cm³/mol. The number of anilines is 1. The molecule has 1 aliphatic heterocycles. The first-order valence-electron chi connectivity index (χ1n) is 10.4. The summed E-state index contributed by atoms with van der Waals surface area (Å²) in [4.78, 5) is 14.7. The van der Waals surface area contributed by atoms with Crippen LogP contribution in [0.2, 0.25) is 0 Å². The van der Waals surface area contributed by atoms with Gasteiger partial charge in [-0.3, -0.25) is 14.4 Å². The molecule has 7 nitrogen and oxygen atoms in total. The van der Waals surface area contributed by atoms with E-state index in [0.29, 0.717) is 24.4 Å². The highest BCUT2D eigenvalue weighted by atomic mass is 16.1. The van der Waals surface area contributed by atoms with Gasteiger partial charge in [-0.05, 0) is 45.6 Å². The second-order valence-electron chi connectivity index (χ2n) is 8.53. The average molecular weight is 387 g/mol. The highest BCUT2D eigenvalue weighted by Crippen LogP contribution is 2.27. The first kappa shape index (κ1) is 20.6. The van der Waals surface area contributed by atoms with E-state index >= 15 is 0 Å². The van der Waals surface area contributed by atoms with Crippen LogP contribution < -0.4 is 5.32 Å². The molecule has 3 rings (SSSR count). The van der Waals surface area contributed by atoms with E-state index in [1.54, 1.807) is 6.20 Å². The molecule has 1 N–H and O–H groups in total. The zero-order chi connectivity index (χ0) is 20.3. The number of rotatable bonds is 7. The number of carbonyl (C=O) groups excluding carboxylic acids is 1. The van der Waals surface area contributed by atoms with E-state index < -0.39 is 0 Å². The minimum atomic E-state index is 0.0627. The standard InChI is InChI=1S/C21H34N6O/c1-15(2)12-21(28)23-20-6-9-22-27(20)19-7-10-25(11-8-19)18(5)14-26-17(4)13-16(3)24-26/h6,9,13,15,18-19H,7-8,10-12,14H2,1-5H3,(H,23,28)/t18-/m0/s1. The summed E-state index contributed by atoms with van der Waals surface area (Å²) in [5.41, 5.74) is 2.30. The molecule has 154 valence electrons. The van der Waals surface area contributed by atoms with E-state index in [1.165, 1.54) is 5.69 Å². The van der Waals surface area contributed by atoms with Gasteiger partial charge in [-0.2, -0.15) is 10.2 Å². The number of aryl methyl sites for hydroxylation is 2. The fraction of sp³-hybridized carbons (Fsp3) is 0.667. The summed E-state index contributed by atoms with van der Waals surface area (Å²) in [6.45, 7) is 13.5. The van der Waals surface area contributed by atoms with Crippen LogP contribution in [0.3, 0.4) is 0 Å². The van der Waals surface area contributed by atoms with Gasteiger partial charge >= 0.3 is 0 Å². The predicted octanol–water partition coefficient (Wildman–Crippen LogP) is 3.41. The Kier molecular flexibility index (Phi) is 6.54. The lowest BCUT2D eigenvalue weighted by atomic mass is 10.0. The van der Waals surface area contributed by atoms with Crippen molar-refractivity contribution in [2.75, 3.05) is 18.4 Å². The van der Waals surface area contributed by atoms with Gasteiger partial charge in [0.1, 0.15) is 5.82 Å². The molecule has 0 bridgehead atoms. The van der Waals surface area contributed by atoms with E-state index in [4.69, 9.17) is 0 Å². The van der Waals surface area contributed by atoms with Crippen molar-refractivity contribution in [2.24, 2.45) is 5.92 Å². The largest absolute Gasteiger partial charge is 0.311 e. The molecule has 28 heavy (non-hydrogen) atoms. The second-order valence-corrected chi connectivity index (χ2v) is 8.53. The first-order chi connectivity index (χ1) is 13.3. The average Bonchev–Trinajstić information content (AvgIpc) is 3.20. The summed E-state index contributed by atoms with van der Waals surface area (Å²) in [6, 6.07) is 4.81. The number of nitrogens with zero attached hydrogens (tertiary/aromatic N) is 5. The molecule has 0 unspecified atom stereocenters. The van der Waals surface area contributed by atoms with E-state index in [9.17, 15) is 4.79 Å². The molecule has 1 amide bonds. The Balaban J connectivity index is 1.55. The summed E-state index contributed by atoms with van der Waals surface area (Å²) < 4.78 is 4.11. The van der Waals surface area contributed by atoms with Gasteiger partial charge in [-0.1, -0.05) is 13.8 Å². The first-order valence-corrected chi connectivity index (χ1v) is 10.4. The minimum absolute atomic E-state index is 0.0627. The van der Waals surface area contributed by atoms with Crippen LogP contribution >= 0.6 is 0 Å². The number of carbonyl (C=O) groups is 1. The Hall–Kier alpha value is -2.15. The Morgan fingerprint density at radius 1 is 1.25 bits per heavy atom. The lowest BCUT2D eigenvalue weighted by molar-refractivity contribution is -0.116. The minimum Gasteiger partial charge on any atom is -0.311 e. The zero-order valence-electron chi connectivity index (χ0n) is 17.9. The molecule has 7 heteroatoms. The number of amides is 1. The highest BCUT2D eigenvalue weighted by molar-refractivity contribution is 5.89. The molecule has 1 saturated heterocycles. The monoisotopic (exact) mass is 386 g/mol. The van der Waals surface area contributed by atoms with Crippen molar-refractivity contribution in [1.82, 2.24) is 24.5 Å². The van der Waals surface area contributed by atoms with E-state index in [1.807, 2.05) is 17.7 Å². The number of piperidine rings is 1. The number of aromatic nitrogens is 4. The Morgan fingerprint density at radius 2 is 1.96 bits per heavy atom. The van der Waals surface area contributed by atoms with E-state index in [0.717, 1.165) is 44.0 Å². The molecule has 0 radical (unpaired) electrons. The molecule has 2 aromatic rings. The normalized spacial score (nSPS) is 17.2. The third-order valence-electron chi connectivity index (χ3n) is 5.54. The fourth-order valence-electron chi connectivity index (χ4n) is 4.07. The highest BCUT2D eigenvalue weighted by Gasteiger charge is 2.26. The van der Waals surface area contributed by atoms with Crippen LogP contribution in [0.5, 0.6) is 0 Å². The van der Waals surface area contributed by atoms with Crippen molar-refractivity contribution >= 4 is 11.7 Å². The van der Waals surface area contributed by atoms with Crippen molar-refractivity contribution in [3.8, 4) is 0 Å². The summed E-state index contributed by atoms with van der Waals surface area (Å²) in [6.07, 6.45) is 4.39. The zero-order valence-corrected chi connectivity index (χ0v) is 17.9. The number of hydrogen-bond acceptors (Lipinski definition) is 4. The maximum Gasteiger partial charge on any atom is 0.225 e. The molecule has 0 saturated carbocycles. The summed E-state index contributed by atoms with van der Waals surface area (Å²) in [7, 11) is 0. The Morgan fingerprint density at radius 3 is 2.57 bits per heavy atom. The Labute approximate surface area is 168 Å². The van der Waals surface area contributed by atoms with Crippen LogP contribution in [-0.2, 0) is 11.3 Å². The number of nitrogens with one attached hydrogen (secondary N) is 1. The molecule has 3 heterocycles. The van der Waals surface area contributed by atoms with Crippen LogP contribution in [0.1, 0.15) is 57.5 Å². The van der Waals surface area contributed by atoms with Crippen molar-refractivity contribution in [2.45, 2.75) is 72.5 Å². The Bertz CT molecular complexity index is 785. The third-order valence-corrected chi connectivity index (χ3v) is 5.54. The summed E-state index contributed by atoms with van der Waals surface area (Å²) in [5.74, 6) is 1.23. The van der Waals surface area contributed by atoms with Gasteiger partial charge in [-0.15, -0.1) is 0 Å². The SMILES string of the molecule is Cc1cc(C)n(C[C@H](C)N2CCC(n3nccc3NC(=O)CC(C)C)CC2)n1. The van der Waals surface area contributed by atoms with Crippen molar-refractivity contribution < 1.29 is 4.79 Å². The molecule has 0 aromatic carbocycles. The lowest BCUT2D eigenvalue weighted by Gasteiger charge is -2.36. The smallest absolute Gasteiger partial charge is 0.225 e. The summed E-state index contributed by atoms with van der Waals surface area (Å²) >= 11 is 0. The molecule has 0 spiro atoms. The molecule has 0 aliphatic carbocycles. The number of likely N-dealkylation sites (tertiary alicyclic amines) is 1. The van der Waals surface area contributed by atoms with Gasteiger partial charge in [0.2, 0.25) is 5.91 Å².